The van der Waals surface area contributed by atoms with Crippen LogP contribution in [-0.4, -0.2) is 18.5 Å². The zero-order valence-electron chi connectivity index (χ0n) is 13.8. The van der Waals surface area contributed by atoms with Crippen LogP contribution in [0.25, 0.3) is 11.0 Å². The number of esters is 1. The Morgan fingerprint density at radius 1 is 1.20 bits per heavy atom. The molecular formula is C19H16ClNO4. The highest BCUT2D eigenvalue weighted by Crippen LogP contribution is 2.28. The Morgan fingerprint density at radius 2 is 1.96 bits per heavy atom. The van der Waals surface area contributed by atoms with Gasteiger partial charge in [0.2, 0.25) is 5.76 Å². The number of ether oxygens (including phenoxy) is 1. The van der Waals surface area contributed by atoms with Gasteiger partial charge in [-0.1, -0.05) is 23.7 Å². The van der Waals surface area contributed by atoms with Gasteiger partial charge in [0.15, 0.2) is 0 Å². The first-order valence-corrected chi connectivity index (χ1v) is 8.15. The minimum atomic E-state index is -0.502. The van der Waals surface area contributed by atoms with E-state index in [0.717, 1.165) is 5.39 Å². The number of rotatable bonds is 4. The van der Waals surface area contributed by atoms with Crippen LogP contribution in [-0.2, 0) is 4.74 Å². The van der Waals surface area contributed by atoms with Crippen molar-refractivity contribution >= 4 is 40.1 Å². The molecule has 1 amide bonds. The van der Waals surface area contributed by atoms with Gasteiger partial charge in [0, 0.05) is 22.7 Å². The number of anilines is 1. The number of hydrogen-bond acceptors (Lipinski definition) is 4. The first-order chi connectivity index (χ1) is 12.0. The molecule has 0 saturated heterocycles. The third kappa shape index (κ3) is 3.37. The zero-order chi connectivity index (χ0) is 18.0. The minimum Gasteiger partial charge on any atom is -0.460 e. The Balaban J connectivity index is 1.90. The lowest BCUT2D eigenvalue weighted by molar-refractivity contribution is 0.0491. The number of hydrogen-bond donors (Lipinski definition) is 1. The van der Waals surface area contributed by atoms with Crippen LogP contribution >= 0.6 is 11.6 Å². The molecule has 0 aliphatic carbocycles. The maximum Gasteiger partial charge on any atom is 0.374 e. The van der Waals surface area contributed by atoms with Gasteiger partial charge in [-0.05, 0) is 38.1 Å². The number of carbonyl (C=O) groups is 2. The fourth-order valence-corrected chi connectivity index (χ4v) is 2.76. The lowest BCUT2D eigenvalue weighted by Crippen LogP contribution is -2.12. The highest BCUT2D eigenvalue weighted by atomic mass is 35.5. The fourth-order valence-electron chi connectivity index (χ4n) is 2.54. The largest absolute Gasteiger partial charge is 0.460 e. The van der Waals surface area contributed by atoms with Crippen molar-refractivity contribution in [3.05, 3.63) is 64.4 Å². The van der Waals surface area contributed by atoms with E-state index in [0.29, 0.717) is 27.4 Å². The van der Waals surface area contributed by atoms with Crippen LogP contribution in [0, 0.1) is 6.92 Å². The van der Waals surface area contributed by atoms with Gasteiger partial charge in [-0.2, -0.15) is 0 Å². The highest BCUT2D eigenvalue weighted by molar-refractivity contribution is 6.34. The van der Waals surface area contributed by atoms with Crippen molar-refractivity contribution in [3.8, 4) is 0 Å². The van der Waals surface area contributed by atoms with Gasteiger partial charge in [0.1, 0.15) is 5.58 Å². The predicted molar refractivity (Wildman–Crippen MR) is 96.3 cm³/mol. The summed E-state index contributed by atoms with van der Waals surface area (Å²) in [5.41, 5.74) is 2.13. The van der Waals surface area contributed by atoms with Crippen LogP contribution in [0.2, 0.25) is 5.02 Å². The summed E-state index contributed by atoms with van der Waals surface area (Å²) in [5.74, 6) is -0.650. The van der Waals surface area contributed by atoms with Gasteiger partial charge in [-0.3, -0.25) is 4.79 Å². The molecule has 0 aliphatic rings. The van der Waals surface area contributed by atoms with E-state index in [4.69, 9.17) is 20.8 Å². The van der Waals surface area contributed by atoms with Gasteiger partial charge in [0.25, 0.3) is 5.91 Å². The number of furan rings is 1. The first kappa shape index (κ1) is 17.0. The number of halogens is 1. The topological polar surface area (TPSA) is 68.5 Å². The number of aryl methyl sites for hydroxylation is 1. The molecule has 3 rings (SSSR count). The Morgan fingerprint density at radius 3 is 2.68 bits per heavy atom. The van der Waals surface area contributed by atoms with Crippen molar-refractivity contribution in [1.82, 2.24) is 0 Å². The molecule has 0 atom stereocenters. The maximum absolute atomic E-state index is 12.3. The molecule has 0 bridgehead atoms. The SMILES string of the molecule is CCOC(=O)c1oc2cc(NC(=O)c3ccccc3Cl)ccc2c1C. The lowest BCUT2D eigenvalue weighted by Gasteiger charge is -2.06. The fraction of sp³-hybridized carbons (Fsp3) is 0.158. The van der Waals surface area contributed by atoms with E-state index in [1.165, 1.54) is 0 Å². The van der Waals surface area contributed by atoms with Crippen LogP contribution in [0.15, 0.2) is 46.9 Å². The summed E-state index contributed by atoms with van der Waals surface area (Å²) >= 11 is 6.04. The summed E-state index contributed by atoms with van der Waals surface area (Å²) in [7, 11) is 0. The quantitative estimate of drug-likeness (QED) is 0.679. The molecule has 1 aromatic heterocycles. The lowest BCUT2D eigenvalue weighted by atomic mass is 10.1. The monoisotopic (exact) mass is 357 g/mol. The maximum atomic E-state index is 12.3. The van der Waals surface area contributed by atoms with Crippen molar-refractivity contribution < 1.29 is 18.7 Å². The molecule has 0 aliphatic heterocycles. The third-order valence-corrected chi connectivity index (χ3v) is 4.10. The Hall–Kier alpha value is -2.79. The van der Waals surface area contributed by atoms with E-state index < -0.39 is 5.97 Å². The van der Waals surface area contributed by atoms with Crippen LogP contribution in [0.5, 0.6) is 0 Å². The van der Waals surface area contributed by atoms with Gasteiger partial charge >= 0.3 is 5.97 Å². The summed E-state index contributed by atoms with van der Waals surface area (Å²) in [6, 6.07) is 12.0. The van der Waals surface area contributed by atoms with Crippen LogP contribution in [0.3, 0.4) is 0 Å². The molecule has 6 heteroatoms. The summed E-state index contributed by atoms with van der Waals surface area (Å²) < 4.78 is 10.6. The smallest absolute Gasteiger partial charge is 0.374 e. The van der Waals surface area contributed by atoms with E-state index in [-0.39, 0.29) is 18.3 Å². The average molecular weight is 358 g/mol. The molecule has 1 heterocycles. The van der Waals surface area contributed by atoms with Gasteiger partial charge in [-0.15, -0.1) is 0 Å². The molecule has 5 nitrogen and oxygen atoms in total. The van der Waals surface area contributed by atoms with Crippen LogP contribution in [0.4, 0.5) is 5.69 Å². The summed E-state index contributed by atoms with van der Waals surface area (Å²) in [4.78, 5) is 24.3. The Labute approximate surface area is 149 Å². The Bertz CT molecular complexity index is 961. The molecule has 0 spiro atoms. The second kappa shape index (κ2) is 6.99. The standard InChI is InChI=1S/C19H16ClNO4/c1-3-24-19(23)17-11(2)13-9-8-12(10-16(13)25-17)21-18(22)14-6-4-5-7-15(14)20/h4-10H,3H2,1-2H3,(H,21,22). The number of amides is 1. The van der Waals surface area contributed by atoms with E-state index in [1.807, 2.05) is 0 Å². The third-order valence-electron chi connectivity index (χ3n) is 3.78. The average Bonchev–Trinajstić information content (AvgIpc) is 2.92. The van der Waals surface area contributed by atoms with Crippen molar-refractivity contribution in [3.63, 3.8) is 0 Å². The summed E-state index contributed by atoms with van der Waals surface area (Å²) in [5, 5.41) is 3.94. The van der Waals surface area contributed by atoms with Crippen LogP contribution < -0.4 is 5.32 Å². The van der Waals surface area contributed by atoms with Gasteiger partial charge < -0.3 is 14.5 Å². The highest BCUT2D eigenvalue weighted by Gasteiger charge is 2.19. The zero-order valence-corrected chi connectivity index (χ0v) is 14.5. The van der Waals surface area contributed by atoms with Gasteiger partial charge in [-0.25, -0.2) is 4.79 Å². The van der Waals surface area contributed by atoms with E-state index >= 15 is 0 Å². The number of fused-ring (bicyclic) bond motifs is 1. The first-order valence-electron chi connectivity index (χ1n) is 7.77. The molecule has 2 aromatic carbocycles. The second-order valence-electron chi connectivity index (χ2n) is 5.42. The normalized spacial score (nSPS) is 10.7. The summed E-state index contributed by atoms with van der Waals surface area (Å²) in [6.45, 7) is 3.80. The molecule has 128 valence electrons. The molecule has 0 radical (unpaired) electrons. The van der Waals surface area contributed by atoms with Gasteiger partial charge in [0.05, 0.1) is 17.2 Å². The molecule has 3 aromatic rings. The molecule has 0 unspecified atom stereocenters. The number of carbonyl (C=O) groups excluding carboxylic acids is 2. The van der Waals surface area contributed by atoms with E-state index in [1.54, 1.807) is 56.3 Å². The van der Waals surface area contributed by atoms with E-state index in [9.17, 15) is 9.59 Å². The second-order valence-corrected chi connectivity index (χ2v) is 5.83. The van der Waals surface area contributed by atoms with E-state index in [2.05, 4.69) is 5.32 Å². The predicted octanol–water partition coefficient (Wildman–Crippen LogP) is 4.82. The molecular weight excluding hydrogens is 342 g/mol. The summed E-state index contributed by atoms with van der Waals surface area (Å²) in [6.07, 6.45) is 0. The van der Waals surface area contributed by atoms with Crippen LogP contribution in [0.1, 0.15) is 33.4 Å². The van der Waals surface area contributed by atoms with Crippen molar-refractivity contribution in [2.24, 2.45) is 0 Å². The Kier molecular flexibility index (Phi) is 4.76. The van der Waals surface area contributed by atoms with Crippen molar-refractivity contribution in [2.75, 3.05) is 11.9 Å². The molecule has 0 saturated carbocycles. The molecule has 1 N–H and O–H groups in total. The van der Waals surface area contributed by atoms with Crippen molar-refractivity contribution in [2.45, 2.75) is 13.8 Å². The molecule has 25 heavy (non-hydrogen) atoms. The number of benzene rings is 2. The number of nitrogens with one attached hydrogen (secondary N) is 1. The van der Waals surface area contributed by atoms with Crippen molar-refractivity contribution in [1.29, 1.82) is 0 Å². The molecule has 0 fully saturated rings. The minimum absolute atomic E-state index is 0.173.